The molecular weight excluding hydrogens is 556 g/mol. The van der Waals surface area contributed by atoms with Gasteiger partial charge in [-0.25, -0.2) is 0 Å². The Balaban J connectivity index is 1.49. The van der Waals surface area contributed by atoms with E-state index in [1.54, 1.807) is 0 Å². The van der Waals surface area contributed by atoms with Crippen molar-refractivity contribution < 1.29 is 19.7 Å². The maximum Gasteiger partial charge on any atom is 0.119 e. The molecule has 2 N–H and O–H groups in total. The molecule has 6 aromatic carbocycles. The highest BCUT2D eigenvalue weighted by atomic mass is 16.5. The van der Waals surface area contributed by atoms with Gasteiger partial charge in [-0.2, -0.15) is 0 Å². The van der Waals surface area contributed by atoms with E-state index in [-0.39, 0.29) is 26.4 Å². The fraction of sp³-hybridized carbons (Fsp3) is 0.122. The van der Waals surface area contributed by atoms with Crippen LogP contribution in [0, 0.1) is 12.1 Å². The fourth-order valence-electron chi connectivity index (χ4n) is 6.47. The zero-order valence-electron chi connectivity index (χ0n) is 24.7. The van der Waals surface area contributed by atoms with Gasteiger partial charge in [-0.3, -0.25) is 0 Å². The molecule has 4 nitrogen and oxygen atoms in total. The summed E-state index contributed by atoms with van der Waals surface area (Å²) in [5.74, 6) is 1.40. The molecule has 45 heavy (non-hydrogen) atoms. The van der Waals surface area contributed by atoms with Crippen LogP contribution in [0.2, 0.25) is 0 Å². The van der Waals surface area contributed by atoms with Gasteiger partial charge < -0.3 is 19.7 Å². The van der Waals surface area contributed by atoms with Crippen LogP contribution in [0.3, 0.4) is 0 Å². The third-order valence-electron chi connectivity index (χ3n) is 8.46. The summed E-state index contributed by atoms with van der Waals surface area (Å²) in [6.45, 7) is 0.377. The lowest BCUT2D eigenvalue weighted by Gasteiger charge is -2.33. The zero-order chi connectivity index (χ0) is 30.6. The lowest BCUT2D eigenvalue weighted by atomic mass is 9.68. The molecule has 4 heteroatoms. The average Bonchev–Trinajstić information content (AvgIpc) is 3.41. The number of aliphatic hydroxyl groups is 2. The molecule has 220 valence electrons. The van der Waals surface area contributed by atoms with Gasteiger partial charge in [-0.15, -0.1) is 0 Å². The molecule has 0 saturated heterocycles. The van der Waals surface area contributed by atoms with Crippen molar-refractivity contribution >= 4 is 0 Å². The summed E-state index contributed by atoms with van der Waals surface area (Å²) in [4.78, 5) is 0. The van der Waals surface area contributed by atoms with E-state index in [1.165, 1.54) is 0 Å². The Hall–Kier alpha value is -5.34. The first-order valence-corrected chi connectivity index (χ1v) is 15.1. The van der Waals surface area contributed by atoms with Gasteiger partial charge in [-0.05, 0) is 80.9 Å². The summed E-state index contributed by atoms with van der Waals surface area (Å²) in [5, 5.41) is 18.6. The molecule has 0 spiro atoms. The van der Waals surface area contributed by atoms with Gasteiger partial charge in [0, 0.05) is 11.1 Å². The average molecular weight is 589 g/mol. The molecule has 0 bridgehead atoms. The molecule has 7 rings (SSSR count). The number of hydrogen-bond acceptors (Lipinski definition) is 4. The van der Waals surface area contributed by atoms with Crippen LogP contribution in [-0.2, 0) is 5.41 Å². The fourth-order valence-corrected chi connectivity index (χ4v) is 6.47. The highest BCUT2D eigenvalue weighted by Crippen LogP contribution is 2.56. The molecule has 0 heterocycles. The molecule has 1 aliphatic carbocycles. The van der Waals surface area contributed by atoms with Crippen molar-refractivity contribution in [2.45, 2.75) is 5.41 Å². The molecule has 0 amide bonds. The van der Waals surface area contributed by atoms with Gasteiger partial charge in [0.2, 0.25) is 0 Å². The molecule has 0 unspecified atom stereocenters. The summed E-state index contributed by atoms with van der Waals surface area (Å²) in [6, 6.07) is 53.2. The van der Waals surface area contributed by atoms with E-state index < -0.39 is 5.41 Å². The summed E-state index contributed by atoms with van der Waals surface area (Å²) in [7, 11) is 0. The van der Waals surface area contributed by atoms with Crippen LogP contribution in [-0.4, -0.2) is 36.6 Å². The Labute approximate surface area is 263 Å². The Morgan fingerprint density at radius 3 is 1.62 bits per heavy atom. The van der Waals surface area contributed by atoms with Crippen molar-refractivity contribution in [3.8, 4) is 44.9 Å². The second kappa shape index (κ2) is 12.3. The second-order valence-corrected chi connectivity index (χ2v) is 11.0. The van der Waals surface area contributed by atoms with E-state index >= 15 is 0 Å². The van der Waals surface area contributed by atoms with Crippen LogP contribution in [0.25, 0.3) is 33.4 Å². The van der Waals surface area contributed by atoms with Gasteiger partial charge in [0.15, 0.2) is 0 Å². The number of ether oxygens (including phenoxy) is 2. The minimum atomic E-state index is -0.698. The number of aliphatic hydroxyl groups excluding tert-OH is 2. The van der Waals surface area contributed by atoms with Gasteiger partial charge >= 0.3 is 0 Å². The van der Waals surface area contributed by atoms with Crippen LogP contribution in [0.4, 0.5) is 0 Å². The molecule has 0 radical (unpaired) electrons. The van der Waals surface area contributed by atoms with Crippen molar-refractivity contribution in [1.82, 2.24) is 0 Å². The van der Waals surface area contributed by atoms with E-state index in [2.05, 4.69) is 97.1 Å². The highest BCUT2D eigenvalue weighted by molar-refractivity contribution is 5.90. The largest absolute Gasteiger partial charge is 0.491 e. The quantitative estimate of drug-likeness (QED) is 0.172. The van der Waals surface area contributed by atoms with E-state index in [0.717, 1.165) is 55.6 Å². The van der Waals surface area contributed by atoms with Crippen LogP contribution >= 0.6 is 0 Å². The lowest BCUT2D eigenvalue weighted by Crippen LogP contribution is -2.28. The van der Waals surface area contributed by atoms with Crippen LogP contribution in [0.15, 0.2) is 133 Å². The number of hydrogen-bond donors (Lipinski definition) is 2. The minimum Gasteiger partial charge on any atom is -0.491 e. The van der Waals surface area contributed by atoms with E-state index in [1.807, 2.05) is 48.5 Å². The van der Waals surface area contributed by atoms with Gasteiger partial charge in [-0.1, -0.05) is 109 Å². The normalized spacial score (nSPS) is 12.6. The third-order valence-corrected chi connectivity index (χ3v) is 8.46. The maximum absolute atomic E-state index is 9.29. The highest BCUT2D eigenvalue weighted by Gasteiger charge is 2.47. The predicted molar refractivity (Wildman–Crippen MR) is 177 cm³/mol. The van der Waals surface area contributed by atoms with Crippen molar-refractivity contribution in [3.63, 3.8) is 0 Å². The molecule has 6 aromatic rings. The Bertz CT molecular complexity index is 1750. The van der Waals surface area contributed by atoms with Crippen molar-refractivity contribution in [2.75, 3.05) is 26.4 Å². The minimum absolute atomic E-state index is 0.0462. The maximum atomic E-state index is 9.29. The molecule has 0 aromatic heterocycles. The van der Waals surface area contributed by atoms with E-state index in [9.17, 15) is 10.2 Å². The molecule has 0 saturated carbocycles. The van der Waals surface area contributed by atoms with Gasteiger partial charge in [0.25, 0.3) is 0 Å². The van der Waals surface area contributed by atoms with Gasteiger partial charge in [0.05, 0.1) is 18.6 Å². The van der Waals surface area contributed by atoms with Gasteiger partial charge in [0.1, 0.15) is 24.7 Å². The predicted octanol–water partition coefficient (Wildman–Crippen LogP) is 7.73. The van der Waals surface area contributed by atoms with E-state index in [4.69, 9.17) is 9.47 Å². The Kier molecular flexibility index (Phi) is 7.80. The van der Waals surface area contributed by atoms with Crippen LogP contribution in [0.5, 0.6) is 11.5 Å². The lowest BCUT2D eigenvalue weighted by molar-refractivity contribution is 0.201. The Morgan fingerprint density at radius 2 is 1.07 bits per heavy atom. The number of benzene rings is 5. The third kappa shape index (κ3) is 5.13. The summed E-state index contributed by atoms with van der Waals surface area (Å²) < 4.78 is 11.5. The summed E-state index contributed by atoms with van der Waals surface area (Å²) in [6.07, 6.45) is 0. The van der Waals surface area contributed by atoms with E-state index in [0.29, 0.717) is 11.5 Å². The summed E-state index contributed by atoms with van der Waals surface area (Å²) >= 11 is 0. The first-order valence-electron chi connectivity index (χ1n) is 15.1. The molecule has 0 aliphatic heterocycles. The monoisotopic (exact) mass is 588 g/mol. The standard InChI is InChI=1S/C41H32O4/c42-23-25-44-35-17-13-33(14-18-35)41(34-15-19-36(20-16-34)45-26-24-43)39-21-11-31(29-7-3-1-4-8-29)27-37(39)38-28-32(12-22-40(38)41)30-9-5-2-6-10-30/h1-11,13-21,27-28,42-43H,23-26H2. The number of fused-ring (bicyclic) bond motifs is 3. The molecule has 0 atom stereocenters. The van der Waals surface area contributed by atoms with Crippen molar-refractivity contribution in [3.05, 3.63) is 168 Å². The van der Waals surface area contributed by atoms with Crippen LogP contribution in [0.1, 0.15) is 22.3 Å². The summed E-state index contributed by atoms with van der Waals surface area (Å²) in [5.41, 5.74) is 10.2. The van der Waals surface area contributed by atoms with Crippen LogP contribution < -0.4 is 9.47 Å². The van der Waals surface area contributed by atoms with Crippen molar-refractivity contribution in [2.24, 2.45) is 0 Å². The second-order valence-electron chi connectivity index (χ2n) is 11.0. The molecular formula is C41H32O4. The smallest absolute Gasteiger partial charge is 0.119 e. The molecule has 1 aliphatic rings. The first-order chi connectivity index (χ1) is 22.2. The molecule has 0 fully saturated rings. The first kappa shape index (κ1) is 28.4. The Morgan fingerprint density at radius 1 is 0.511 bits per heavy atom. The zero-order valence-corrected chi connectivity index (χ0v) is 24.7. The topological polar surface area (TPSA) is 58.9 Å². The van der Waals surface area contributed by atoms with Crippen molar-refractivity contribution in [1.29, 1.82) is 0 Å². The number of rotatable bonds is 10. The SMILES string of the molecule is OCCOc1ccc(C2(c3ccc(OCCO)cc3)c3c#cc(-c4ccccc4)cc3-c3cc(-c4ccccc4)ccc32)cc1.